The molecule has 0 aromatic carbocycles. The van der Waals surface area contributed by atoms with Crippen LogP contribution < -0.4 is 10.6 Å². The highest BCUT2D eigenvalue weighted by molar-refractivity contribution is 5.58. The molecule has 0 spiro atoms. The molecule has 1 saturated heterocycles. The van der Waals surface area contributed by atoms with Crippen LogP contribution in [0.4, 0.5) is 30.6 Å². The van der Waals surface area contributed by atoms with Gasteiger partial charge in [0.15, 0.2) is 0 Å². The summed E-state index contributed by atoms with van der Waals surface area (Å²) in [6.45, 7) is 5.19. The molecule has 0 amide bonds. The van der Waals surface area contributed by atoms with Gasteiger partial charge in [-0.25, -0.2) is 4.98 Å². The SMILES string of the molecule is CCNc1nc(Nc2cnn(C3CCOC3)c2C)ncc1C(F)(F)F. The zero-order valence-electron chi connectivity index (χ0n) is 13.9. The number of nitrogens with zero attached hydrogens (tertiary/aromatic N) is 4. The minimum atomic E-state index is -4.51. The second kappa shape index (κ2) is 6.87. The third kappa shape index (κ3) is 3.68. The van der Waals surface area contributed by atoms with E-state index >= 15 is 0 Å². The van der Waals surface area contributed by atoms with Gasteiger partial charge in [0, 0.05) is 19.3 Å². The first kappa shape index (κ1) is 17.5. The molecule has 3 rings (SSSR count). The number of hydrogen-bond donors (Lipinski definition) is 2. The normalized spacial score (nSPS) is 17.7. The van der Waals surface area contributed by atoms with Crippen molar-refractivity contribution >= 4 is 17.5 Å². The molecule has 1 fully saturated rings. The molecule has 0 radical (unpaired) electrons. The Morgan fingerprint density at radius 1 is 1.36 bits per heavy atom. The lowest BCUT2D eigenvalue weighted by Crippen LogP contribution is -2.14. The van der Waals surface area contributed by atoms with Crippen molar-refractivity contribution < 1.29 is 17.9 Å². The minimum absolute atomic E-state index is 0.0780. The summed E-state index contributed by atoms with van der Waals surface area (Å²) in [5.74, 6) is -0.170. The van der Waals surface area contributed by atoms with Crippen LogP contribution in [-0.2, 0) is 10.9 Å². The predicted molar refractivity (Wildman–Crippen MR) is 85.9 cm³/mol. The van der Waals surface area contributed by atoms with Gasteiger partial charge in [-0.05, 0) is 20.3 Å². The Bertz CT molecular complexity index is 739. The maximum Gasteiger partial charge on any atom is 0.421 e. The zero-order chi connectivity index (χ0) is 18.0. The lowest BCUT2D eigenvalue weighted by molar-refractivity contribution is -0.137. The average molecular weight is 356 g/mol. The van der Waals surface area contributed by atoms with Gasteiger partial charge < -0.3 is 15.4 Å². The van der Waals surface area contributed by atoms with E-state index in [0.29, 0.717) is 25.4 Å². The minimum Gasteiger partial charge on any atom is -0.379 e. The van der Waals surface area contributed by atoms with Gasteiger partial charge in [-0.3, -0.25) is 4.68 Å². The standard InChI is InChI=1S/C15H19F3N6O/c1-3-19-13-11(15(16,17)18)6-20-14(23-13)22-12-7-21-24(9(12)2)10-4-5-25-8-10/h6-7,10H,3-5,8H2,1-2H3,(H2,19,20,22,23). The van der Waals surface area contributed by atoms with E-state index in [4.69, 9.17) is 4.74 Å². The number of ether oxygens (including phenoxy) is 1. The summed E-state index contributed by atoms with van der Waals surface area (Å²) in [5.41, 5.74) is 0.605. The molecule has 7 nitrogen and oxygen atoms in total. The molecule has 10 heteroatoms. The van der Waals surface area contributed by atoms with Crippen molar-refractivity contribution in [3.05, 3.63) is 23.7 Å². The van der Waals surface area contributed by atoms with Gasteiger partial charge in [0.1, 0.15) is 11.4 Å². The third-order valence-electron chi connectivity index (χ3n) is 3.98. The summed E-state index contributed by atoms with van der Waals surface area (Å²) in [7, 11) is 0. The zero-order valence-corrected chi connectivity index (χ0v) is 13.9. The van der Waals surface area contributed by atoms with E-state index in [1.165, 1.54) is 0 Å². The quantitative estimate of drug-likeness (QED) is 0.857. The second-order valence-electron chi connectivity index (χ2n) is 5.71. The van der Waals surface area contributed by atoms with E-state index in [9.17, 15) is 13.2 Å². The van der Waals surface area contributed by atoms with Crippen molar-refractivity contribution in [1.29, 1.82) is 0 Å². The van der Waals surface area contributed by atoms with Crippen LogP contribution in [0.25, 0.3) is 0 Å². The number of rotatable bonds is 5. The van der Waals surface area contributed by atoms with Crippen LogP contribution in [-0.4, -0.2) is 39.5 Å². The fourth-order valence-electron chi connectivity index (χ4n) is 2.70. The van der Waals surface area contributed by atoms with Gasteiger partial charge >= 0.3 is 6.18 Å². The highest BCUT2D eigenvalue weighted by Crippen LogP contribution is 2.34. The van der Waals surface area contributed by atoms with E-state index in [1.54, 1.807) is 13.1 Å². The van der Waals surface area contributed by atoms with Gasteiger partial charge in [0.05, 0.1) is 30.2 Å². The first-order chi connectivity index (χ1) is 11.9. The number of hydrogen-bond acceptors (Lipinski definition) is 6. The summed E-state index contributed by atoms with van der Waals surface area (Å²) < 4.78 is 46.2. The van der Waals surface area contributed by atoms with E-state index in [-0.39, 0.29) is 17.8 Å². The van der Waals surface area contributed by atoms with Crippen LogP contribution in [0.5, 0.6) is 0 Å². The van der Waals surface area contributed by atoms with Crippen molar-refractivity contribution in [3.63, 3.8) is 0 Å². The van der Waals surface area contributed by atoms with E-state index < -0.39 is 11.7 Å². The van der Waals surface area contributed by atoms with E-state index in [1.807, 2.05) is 11.6 Å². The molecular weight excluding hydrogens is 337 g/mol. The summed E-state index contributed by atoms with van der Waals surface area (Å²) in [4.78, 5) is 7.74. The van der Waals surface area contributed by atoms with Crippen LogP contribution in [0, 0.1) is 6.92 Å². The first-order valence-corrected chi connectivity index (χ1v) is 7.97. The Balaban J connectivity index is 1.84. The fourth-order valence-corrected chi connectivity index (χ4v) is 2.70. The summed E-state index contributed by atoms with van der Waals surface area (Å²) >= 11 is 0. The molecule has 25 heavy (non-hydrogen) atoms. The van der Waals surface area contributed by atoms with Crippen LogP contribution in [0.1, 0.15) is 30.6 Å². The molecule has 1 unspecified atom stereocenters. The molecule has 0 bridgehead atoms. The number of halogens is 3. The van der Waals surface area contributed by atoms with Crippen LogP contribution in [0.15, 0.2) is 12.4 Å². The number of aromatic nitrogens is 4. The molecule has 1 aliphatic rings. The molecule has 1 atom stereocenters. The maximum atomic E-state index is 13.0. The third-order valence-corrected chi connectivity index (χ3v) is 3.98. The fraction of sp³-hybridized carbons (Fsp3) is 0.533. The van der Waals surface area contributed by atoms with Crippen molar-refractivity contribution in [2.75, 3.05) is 30.4 Å². The lowest BCUT2D eigenvalue weighted by atomic mass is 10.2. The van der Waals surface area contributed by atoms with Crippen LogP contribution in [0.2, 0.25) is 0 Å². The summed E-state index contributed by atoms with van der Waals surface area (Å²) in [5, 5.41) is 9.90. The topological polar surface area (TPSA) is 76.9 Å². The van der Waals surface area contributed by atoms with E-state index in [0.717, 1.165) is 18.3 Å². The summed E-state index contributed by atoms with van der Waals surface area (Å²) in [6.07, 6.45) is -1.25. The summed E-state index contributed by atoms with van der Waals surface area (Å²) in [6, 6.07) is 0.168. The largest absolute Gasteiger partial charge is 0.421 e. The van der Waals surface area contributed by atoms with Gasteiger partial charge in [-0.1, -0.05) is 0 Å². The van der Waals surface area contributed by atoms with Gasteiger partial charge in [-0.2, -0.15) is 23.3 Å². The second-order valence-corrected chi connectivity index (χ2v) is 5.71. The average Bonchev–Trinajstić information content (AvgIpc) is 3.18. The number of nitrogens with one attached hydrogen (secondary N) is 2. The Morgan fingerprint density at radius 3 is 2.80 bits per heavy atom. The van der Waals surface area contributed by atoms with Crippen molar-refractivity contribution in [2.45, 2.75) is 32.5 Å². The van der Waals surface area contributed by atoms with Gasteiger partial charge in [-0.15, -0.1) is 0 Å². The smallest absolute Gasteiger partial charge is 0.379 e. The highest BCUT2D eigenvalue weighted by atomic mass is 19.4. The number of alkyl halides is 3. The molecule has 2 aromatic heterocycles. The molecule has 136 valence electrons. The Morgan fingerprint density at radius 2 is 2.16 bits per heavy atom. The molecule has 2 aromatic rings. The van der Waals surface area contributed by atoms with Crippen molar-refractivity contribution in [2.24, 2.45) is 0 Å². The lowest BCUT2D eigenvalue weighted by Gasteiger charge is -2.14. The molecule has 1 aliphatic heterocycles. The number of anilines is 3. The Kier molecular flexibility index (Phi) is 4.80. The van der Waals surface area contributed by atoms with Gasteiger partial charge in [0.25, 0.3) is 0 Å². The molecular formula is C15H19F3N6O. The van der Waals surface area contributed by atoms with Crippen molar-refractivity contribution in [3.8, 4) is 0 Å². The Labute approximate surface area is 142 Å². The Hall–Kier alpha value is -2.36. The molecule has 2 N–H and O–H groups in total. The first-order valence-electron chi connectivity index (χ1n) is 7.97. The van der Waals surface area contributed by atoms with Gasteiger partial charge in [0.2, 0.25) is 5.95 Å². The van der Waals surface area contributed by atoms with Crippen LogP contribution in [0.3, 0.4) is 0 Å². The molecule has 0 saturated carbocycles. The van der Waals surface area contributed by atoms with E-state index in [2.05, 4.69) is 25.7 Å². The highest BCUT2D eigenvalue weighted by Gasteiger charge is 2.35. The van der Waals surface area contributed by atoms with Crippen LogP contribution >= 0.6 is 0 Å². The predicted octanol–water partition coefficient (Wildman–Crippen LogP) is 3.14. The van der Waals surface area contributed by atoms with Crippen molar-refractivity contribution in [1.82, 2.24) is 19.7 Å². The monoisotopic (exact) mass is 356 g/mol. The maximum absolute atomic E-state index is 13.0. The molecule has 0 aliphatic carbocycles. The molecule has 3 heterocycles.